The van der Waals surface area contributed by atoms with Gasteiger partial charge in [0.25, 0.3) is 0 Å². The van der Waals surface area contributed by atoms with Gasteiger partial charge in [-0.3, -0.25) is 5.41 Å². The SMILES string of the molecule is N=C(N)N.c1ccc2c[nH]cc2c1. The Bertz CT molecular complexity index is 357. The largest absolute Gasteiger partial charge is 0.370 e. The zero-order chi connectivity index (χ0) is 9.68. The maximum absolute atomic E-state index is 6.06. The zero-order valence-electron chi connectivity index (χ0n) is 7.12. The molecule has 0 fully saturated rings. The molecule has 0 saturated carbocycles. The highest BCUT2D eigenvalue weighted by molar-refractivity contribution is 5.81. The van der Waals surface area contributed by atoms with Crippen molar-refractivity contribution in [1.29, 1.82) is 5.41 Å². The van der Waals surface area contributed by atoms with Crippen LogP contribution in [0.4, 0.5) is 0 Å². The van der Waals surface area contributed by atoms with Crippen molar-refractivity contribution in [2.75, 3.05) is 0 Å². The van der Waals surface area contributed by atoms with Crippen LogP contribution in [-0.2, 0) is 0 Å². The Kier molecular flexibility index (Phi) is 2.92. The van der Waals surface area contributed by atoms with E-state index in [4.69, 9.17) is 5.41 Å². The Morgan fingerprint density at radius 3 is 1.85 bits per heavy atom. The fraction of sp³-hybridized carbons (Fsp3) is 0. The van der Waals surface area contributed by atoms with E-state index in [0.717, 1.165) is 0 Å². The molecular weight excluding hydrogens is 164 g/mol. The summed E-state index contributed by atoms with van der Waals surface area (Å²) >= 11 is 0. The Labute approximate surface area is 76.1 Å². The zero-order valence-corrected chi connectivity index (χ0v) is 7.12. The molecule has 1 aromatic carbocycles. The van der Waals surface area contributed by atoms with Crippen LogP contribution >= 0.6 is 0 Å². The highest BCUT2D eigenvalue weighted by atomic mass is 14.9. The first-order valence-electron chi connectivity index (χ1n) is 3.81. The minimum atomic E-state index is -0.333. The first kappa shape index (κ1) is 9.12. The van der Waals surface area contributed by atoms with Crippen molar-refractivity contribution < 1.29 is 0 Å². The van der Waals surface area contributed by atoms with E-state index in [0.29, 0.717) is 0 Å². The Hall–Kier alpha value is -1.97. The summed E-state index contributed by atoms with van der Waals surface area (Å²) in [5.41, 5.74) is 8.94. The molecule has 68 valence electrons. The Morgan fingerprint density at radius 1 is 1.08 bits per heavy atom. The second kappa shape index (κ2) is 4.15. The molecule has 2 aromatic rings. The molecule has 6 N–H and O–H groups in total. The highest BCUT2D eigenvalue weighted by Crippen LogP contribution is 2.10. The van der Waals surface area contributed by atoms with Crippen LogP contribution in [0.3, 0.4) is 0 Å². The average Bonchev–Trinajstić information content (AvgIpc) is 2.49. The number of hydrogen-bond donors (Lipinski definition) is 4. The number of aromatic nitrogens is 1. The van der Waals surface area contributed by atoms with Gasteiger partial charge in [0.1, 0.15) is 0 Å². The van der Waals surface area contributed by atoms with Gasteiger partial charge in [-0.2, -0.15) is 0 Å². The molecule has 0 unspecified atom stereocenters. The summed E-state index contributed by atoms with van der Waals surface area (Å²) in [5.74, 6) is -0.333. The van der Waals surface area contributed by atoms with E-state index in [9.17, 15) is 0 Å². The summed E-state index contributed by atoms with van der Waals surface area (Å²) in [6, 6.07) is 8.25. The molecule has 1 aromatic heterocycles. The van der Waals surface area contributed by atoms with E-state index in [1.807, 2.05) is 24.5 Å². The first-order valence-corrected chi connectivity index (χ1v) is 3.81. The molecule has 0 atom stereocenters. The predicted octanol–water partition coefficient (Wildman–Crippen LogP) is 1.01. The normalized spacial score (nSPS) is 8.92. The number of nitrogens with one attached hydrogen (secondary N) is 2. The lowest BCUT2D eigenvalue weighted by molar-refractivity contribution is 1.39. The number of hydrogen-bond acceptors (Lipinski definition) is 1. The molecule has 4 heteroatoms. The van der Waals surface area contributed by atoms with Gasteiger partial charge in [-0.1, -0.05) is 24.3 Å². The third-order valence-electron chi connectivity index (χ3n) is 1.47. The molecule has 0 aliphatic rings. The molecule has 0 radical (unpaired) electrons. The Morgan fingerprint density at radius 2 is 1.46 bits per heavy atom. The highest BCUT2D eigenvalue weighted by Gasteiger charge is 1.86. The maximum Gasteiger partial charge on any atom is 0.183 e. The smallest absolute Gasteiger partial charge is 0.183 e. The molecule has 4 nitrogen and oxygen atoms in total. The van der Waals surface area contributed by atoms with E-state index < -0.39 is 0 Å². The molecule has 0 aliphatic carbocycles. The lowest BCUT2D eigenvalue weighted by atomic mass is 10.2. The number of aromatic amines is 1. The minimum Gasteiger partial charge on any atom is -0.370 e. The first-order chi connectivity index (χ1) is 6.20. The van der Waals surface area contributed by atoms with Gasteiger partial charge in [0.15, 0.2) is 5.96 Å². The molecular formula is C9H12N4. The van der Waals surface area contributed by atoms with Crippen molar-refractivity contribution in [3.05, 3.63) is 36.7 Å². The number of benzene rings is 1. The fourth-order valence-electron chi connectivity index (χ4n) is 0.995. The van der Waals surface area contributed by atoms with Crippen LogP contribution in [0.5, 0.6) is 0 Å². The van der Waals surface area contributed by atoms with Gasteiger partial charge >= 0.3 is 0 Å². The standard InChI is InChI=1S/C8H7N.CH5N3/c1-2-4-8-6-9-5-7(8)3-1;2-1(3)4/h1-6,9H;(H5,2,3,4). The van der Waals surface area contributed by atoms with Crippen molar-refractivity contribution in [2.45, 2.75) is 0 Å². The molecule has 13 heavy (non-hydrogen) atoms. The molecule has 0 bridgehead atoms. The van der Waals surface area contributed by atoms with Crippen LogP contribution in [0.1, 0.15) is 0 Å². The third-order valence-corrected chi connectivity index (χ3v) is 1.47. The van der Waals surface area contributed by atoms with E-state index in [1.165, 1.54) is 10.8 Å². The lowest BCUT2D eigenvalue weighted by Gasteiger charge is -1.81. The third kappa shape index (κ3) is 2.86. The van der Waals surface area contributed by atoms with Crippen molar-refractivity contribution >= 4 is 16.7 Å². The molecule has 0 amide bonds. The lowest BCUT2D eigenvalue weighted by Crippen LogP contribution is -2.20. The van der Waals surface area contributed by atoms with E-state index in [2.05, 4.69) is 28.6 Å². The quantitative estimate of drug-likeness (QED) is 0.356. The minimum absolute atomic E-state index is 0.333. The summed E-state index contributed by atoms with van der Waals surface area (Å²) in [6.07, 6.45) is 3.99. The van der Waals surface area contributed by atoms with Gasteiger partial charge in [-0.05, 0) is 10.8 Å². The summed E-state index contributed by atoms with van der Waals surface area (Å²) < 4.78 is 0. The number of fused-ring (bicyclic) bond motifs is 1. The van der Waals surface area contributed by atoms with Crippen LogP contribution in [0.15, 0.2) is 36.7 Å². The summed E-state index contributed by atoms with van der Waals surface area (Å²) in [4.78, 5) is 3.04. The van der Waals surface area contributed by atoms with Crippen molar-refractivity contribution in [3.8, 4) is 0 Å². The molecule has 0 saturated heterocycles. The molecule has 2 rings (SSSR count). The topological polar surface area (TPSA) is 91.7 Å². The fourth-order valence-corrected chi connectivity index (χ4v) is 0.995. The number of rotatable bonds is 0. The van der Waals surface area contributed by atoms with Crippen molar-refractivity contribution in [2.24, 2.45) is 11.5 Å². The van der Waals surface area contributed by atoms with Gasteiger partial charge in [0.05, 0.1) is 0 Å². The summed E-state index contributed by atoms with van der Waals surface area (Å²) in [6.45, 7) is 0. The van der Waals surface area contributed by atoms with E-state index in [1.54, 1.807) is 0 Å². The summed E-state index contributed by atoms with van der Waals surface area (Å²) in [7, 11) is 0. The van der Waals surface area contributed by atoms with Crippen LogP contribution in [0.2, 0.25) is 0 Å². The van der Waals surface area contributed by atoms with Crippen LogP contribution < -0.4 is 11.5 Å². The maximum atomic E-state index is 6.06. The van der Waals surface area contributed by atoms with Crippen molar-refractivity contribution in [3.63, 3.8) is 0 Å². The van der Waals surface area contributed by atoms with Gasteiger partial charge in [-0.15, -0.1) is 0 Å². The van der Waals surface area contributed by atoms with Gasteiger partial charge in [-0.25, -0.2) is 0 Å². The number of H-pyrrole nitrogens is 1. The Balaban J connectivity index is 0.000000184. The number of guanidine groups is 1. The second-order valence-electron chi connectivity index (χ2n) is 2.54. The monoisotopic (exact) mass is 176 g/mol. The molecule has 0 spiro atoms. The van der Waals surface area contributed by atoms with Crippen molar-refractivity contribution in [1.82, 2.24) is 4.98 Å². The van der Waals surface area contributed by atoms with Crippen LogP contribution in [-0.4, -0.2) is 10.9 Å². The average molecular weight is 176 g/mol. The second-order valence-corrected chi connectivity index (χ2v) is 2.54. The molecule has 0 aliphatic heterocycles. The van der Waals surface area contributed by atoms with Crippen LogP contribution in [0.25, 0.3) is 10.8 Å². The predicted molar refractivity (Wildman–Crippen MR) is 54.4 cm³/mol. The van der Waals surface area contributed by atoms with E-state index >= 15 is 0 Å². The molecule has 1 heterocycles. The van der Waals surface area contributed by atoms with E-state index in [-0.39, 0.29) is 5.96 Å². The van der Waals surface area contributed by atoms with Crippen LogP contribution in [0, 0.1) is 5.41 Å². The van der Waals surface area contributed by atoms with Gasteiger partial charge in [0.2, 0.25) is 0 Å². The summed E-state index contributed by atoms with van der Waals surface area (Å²) in [5, 5.41) is 8.61. The van der Waals surface area contributed by atoms with Gasteiger partial charge < -0.3 is 16.5 Å². The number of nitrogens with two attached hydrogens (primary N) is 2. The van der Waals surface area contributed by atoms with Gasteiger partial charge in [0, 0.05) is 12.4 Å².